The monoisotopic (exact) mass is 328 g/mol. The first kappa shape index (κ1) is 14.7. The maximum absolute atomic E-state index is 13.1. The highest BCUT2D eigenvalue weighted by molar-refractivity contribution is 9.10. The van der Waals surface area contributed by atoms with E-state index in [0.717, 1.165) is 31.2 Å². The van der Waals surface area contributed by atoms with Crippen LogP contribution in [-0.4, -0.2) is 17.0 Å². The van der Waals surface area contributed by atoms with Crippen LogP contribution in [0.25, 0.3) is 0 Å². The fraction of sp³-hybridized carbons (Fsp3) is 0.533. The average molecular weight is 329 g/mol. The zero-order valence-corrected chi connectivity index (χ0v) is 12.3. The van der Waals surface area contributed by atoms with Crippen molar-refractivity contribution in [3.63, 3.8) is 0 Å². The van der Waals surface area contributed by atoms with Gasteiger partial charge in [0.05, 0.1) is 4.47 Å². The molecular formula is C15H18BrFO2. The molecule has 0 heterocycles. The summed E-state index contributed by atoms with van der Waals surface area (Å²) in [6.07, 6.45) is 4.54. The lowest BCUT2D eigenvalue weighted by Crippen LogP contribution is -2.32. The number of carbonyl (C=O) groups is 1. The van der Waals surface area contributed by atoms with Crippen LogP contribution in [0.15, 0.2) is 22.7 Å². The molecule has 0 bridgehead atoms. The number of hydrogen-bond donors (Lipinski definition) is 1. The summed E-state index contributed by atoms with van der Waals surface area (Å²) in [5, 5.41) is 10.1. The summed E-state index contributed by atoms with van der Waals surface area (Å²) < 4.78 is 13.5. The van der Waals surface area contributed by atoms with Crippen LogP contribution in [0.2, 0.25) is 0 Å². The molecule has 2 rings (SSSR count). The molecule has 0 amide bonds. The van der Waals surface area contributed by atoms with E-state index in [2.05, 4.69) is 15.9 Å². The van der Waals surface area contributed by atoms with Gasteiger partial charge in [-0.05, 0) is 52.4 Å². The van der Waals surface area contributed by atoms with Crippen molar-refractivity contribution in [1.82, 2.24) is 0 Å². The first-order chi connectivity index (χ1) is 9.08. The van der Waals surface area contributed by atoms with Crippen molar-refractivity contribution in [2.75, 3.05) is 0 Å². The van der Waals surface area contributed by atoms with E-state index in [4.69, 9.17) is 0 Å². The Hall–Kier alpha value is -0.740. The van der Waals surface area contributed by atoms with Crippen LogP contribution >= 0.6 is 15.9 Å². The summed E-state index contributed by atoms with van der Waals surface area (Å²) in [7, 11) is 0. The lowest BCUT2D eigenvalue weighted by molar-refractivity contribution is -0.129. The summed E-state index contributed by atoms with van der Waals surface area (Å²) >= 11 is 3.10. The minimum Gasteiger partial charge on any atom is -0.385 e. The van der Waals surface area contributed by atoms with Crippen molar-refractivity contribution in [2.24, 2.45) is 5.92 Å². The third-order valence-corrected chi connectivity index (χ3v) is 4.40. The number of halogens is 2. The van der Waals surface area contributed by atoms with E-state index in [0.29, 0.717) is 4.47 Å². The van der Waals surface area contributed by atoms with Gasteiger partial charge in [0.15, 0.2) is 5.78 Å². The van der Waals surface area contributed by atoms with E-state index in [1.807, 2.05) is 0 Å². The van der Waals surface area contributed by atoms with Gasteiger partial charge in [-0.15, -0.1) is 0 Å². The number of rotatable bonds is 4. The van der Waals surface area contributed by atoms with Crippen LogP contribution in [0.4, 0.5) is 4.39 Å². The molecule has 1 fully saturated rings. The average Bonchev–Trinajstić information content (AvgIpc) is 2.43. The Morgan fingerprint density at radius 3 is 2.68 bits per heavy atom. The van der Waals surface area contributed by atoms with Gasteiger partial charge in [-0.3, -0.25) is 4.79 Å². The van der Waals surface area contributed by atoms with Crippen LogP contribution in [0.5, 0.6) is 0 Å². The van der Waals surface area contributed by atoms with Gasteiger partial charge >= 0.3 is 0 Å². The van der Waals surface area contributed by atoms with Gasteiger partial charge in [0.2, 0.25) is 0 Å². The topological polar surface area (TPSA) is 37.3 Å². The predicted molar refractivity (Wildman–Crippen MR) is 75.4 cm³/mol. The van der Waals surface area contributed by atoms with Crippen molar-refractivity contribution < 1.29 is 14.3 Å². The normalized spacial score (nSPS) is 18.3. The van der Waals surface area contributed by atoms with Crippen LogP contribution in [0.1, 0.15) is 37.7 Å². The molecule has 0 radical (unpaired) electrons. The molecule has 0 aliphatic heterocycles. The molecule has 19 heavy (non-hydrogen) atoms. The molecule has 1 N–H and O–H groups in total. The van der Waals surface area contributed by atoms with E-state index < -0.39 is 6.10 Å². The SMILES string of the molecule is O=C(Cc1ccc(F)c(Br)c1)C(O)C1CCCCC1. The molecule has 0 saturated heterocycles. The third kappa shape index (κ3) is 3.86. The quantitative estimate of drug-likeness (QED) is 0.916. The molecule has 0 aromatic heterocycles. The second-order valence-corrected chi connectivity index (χ2v) is 6.09. The molecule has 0 spiro atoms. The molecule has 1 aromatic carbocycles. The van der Waals surface area contributed by atoms with E-state index >= 15 is 0 Å². The maximum atomic E-state index is 13.1. The second-order valence-electron chi connectivity index (χ2n) is 5.23. The molecule has 2 nitrogen and oxygen atoms in total. The molecule has 104 valence electrons. The number of benzene rings is 1. The zero-order valence-electron chi connectivity index (χ0n) is 10.7. The van der Waals surface area contributed by atoms with E-state index in [9.17, 15) is 14.3 Å². The fourth-order valence-corrected chi connectivity index (χ4v) is 3.09. The first-order valence-electron chi connectivity index (χ1n) is 6.72. The van der Waals surface area contributed by atoms with Crippen LogP contribution < -0.4 is 0 Å². The Morgan fingerprint density at radius 1 is 1.37 bits per heavy atom. The Bertz CT molecular complexity index is 455. The summed E-state index contributed by atoms with van der Waals surface area (Å²) in [4.78, 5) is 12.0. The second kappa shape index (κ2) is 6.62. The minimum atomic E-state index is -0.871. The number of aliphatic hydroxyl groups excluding tert-OH is 1. The van der Waals surface area contributed by atoms with Crippen molar-refractivity contribution in [2.45, 2.75) is 44.6 Å². The Kier molecular flexibility index (Phi) is 5.11. The largest absolute Gasteiger partial charge is 0.385 e. The number of hydrogen-bond acceptors (Lipinski definition) is 2. The van der Waals surface area contributed by atoms with E-state index in [-0.39, 0.29) is 23.9 Å². The molecule has 1 saturated carbocycles. The summed E-state index contributed by atoms with van der Waals surface area (Å²) in [5.41, 5.74) is 0.730. The van der Waals surface area contributed by atoms with E-state index in [1.54, 1.807) is 12.1 Å². The smallest absolute Gasteiger partial charge is 0.165 e. The summed E-state index contributed by atoms with van der Waals surface area (Å²) in [6.45, 7) is 0. The van der Waals surface area contributed by atoms with Gasteiger partial charge in [-0.2, -0.15) is 0 Å². The highest BCUT2D eigenvalue weighted by Gasteiger charge is 2.27. The number of Topliss-reactive ketones (excluding diaryl/α,β-unsaturated/α-hetero) is 1. The van der Waals surface area contributed by atoms with Crippen LogP contribution in [-0.2, 0) is 11.2 Å². The Labute approximate surface area is 121 Å². The molecule has 1 aliphatic rings. The number of aliphatic hydroxyl groups is 1. The fourth-order valence-electron chi connectivity index (χ4n) is 2.67. The first-order valence-corrected chi connectivity index (χ1v) is 7.52. The lowest BCUT2D eigenvalue weighted by atomic mass is 9.83. The van der Waals surface area contributed by atoms with E-state index in [1.165, 1.54) is 12.5 Å². The van der Waals surface area contributed by atoms with Gasteiger partial charge in [0.25, 0.3) is 0 Å². The Morgan fingerprint density at radius 2 is 2.05 bits per heavy atom. The van der Waals surface area contributed by atoms with Crippen molar-refractivity contribution in [3.8, 4) is 0 Å². The van der Waals surface area contributed by atoms with Gasteiger partial charge < -0.3 is 5.11 Å². The number of ketones is 1. The molecule has 1 unspecified atom stereocenters. The Balaban J connectivity index is 1.97. The minimum absolute atomic E-state index is 0.102. The highest BCUT2D eigenvalue weighted by Crippen LogP contribution is 2.27. The molecular weight excluding hydrogens is 311 g/mol. The van der Waals surface area contributed by atoms with Gasteiger partial charge in [-0.25, -0.2) is 4.39 Å². The lowest BCUT2D eigenvalue weighted by Gasteiger charge is -2.25. The van der Waals surface area contributed by atoms with Crippen molar-refractivity contribution >= 4 is 21.7 Å². The van der Waals surface area contributed by atoms with Crippen molar-refractivity contribution in [3.05, 3.63) is 34.1 Å². The maximum Gasteiger partial charge on any atom is 0.165 e. The van der Waals surface area contributed by atoms with Crippen LogP contribution in [0, 0.1) is 11.7 Å². The zero-order chi connectivity index (χ0) is 13.8. The summed E-state index contributed by atoms with van der Waals surface area (Å²) in [5.74, 6) is -0.403. The standard InChI is InChI=1S/C15H18BrFO2/c16-12-8-10(6-7-13(12)17)9-14(18)15(19)11-4-2-1-3-5-11/h6-8,11,15,19H,1-5,9H2. The van der Waals surface area contributed by atoms with Gasteiger partial charge in [0.1, 0.15) is 11.9 Å². The third-order valence-electron chi connectivity index (χ3n) is 3.79. The van der Waals surface area contributed by atoms with Crippen LogP contribution in [0.3, 0.4) is 0 Å². The van der Waals surface area contributed by atoms with Gasteiger partial charge in [0, 0.05) is 6.42 Å². The molecule has 1 atom stereocenters. The van der Waals surface area contributed by atoms with Crippen molar-refractivity contribution in [1.29, 1.82) is 0 Å². The predicted octanol–water partition coefficient (Wildman–Crippen LogP) is 3.64. The number of carbonyl (C=O) groups excluding carboxylic acids is 1. The summed E-state index contributed by atoms with van der Waals surface area (Å²) in [6, 6.07) is 4.52. The molecule has 1 aromatic rings. The van der Waals surface area contributed by atoms with Gasteiger partial charge in [-0.1, -0.05) is 25.3 Å². The molecule has 4 heteroatoms. The highest BCUT2D eigenvalue weighted by atomic mass is 79.9. The molecule has 1 aliphatic carbocycles.